The van der Waals surface area contributed by atoms with E-state index in [0.29, 0.717) is 0 Å². The zero-order valence-electron chi connectivity index (χ0n) is 38.1. The Labute approximate surface area is 366 Å². The van der Waals surface area contributed by atoms with E-state index in [1.807, 2.05) is 0 Å². The average Bonchev–Trinajstić information content (AvgIpc) is 3.77. The van der Waals surface area contributed by atoms with E-state index in [9.17, 15) is 0 Å². The third-order valence-electron chi connectivity index (χ3n) is 13.8. The number of hydrogen-bond acceptors (Lipinski definition) is 2. The van der Waals surface area contributed by atoms with Crippen molar-refractivity contribution in [2.24, 2.45) is 0 Å². The Morgan fingerprint density at radius 1 is 0.468 bits per heavy atom. The van der Waals surface area contributed by atoms with Crippen molar-refractivity contribution in [1.82, 2.24) is 14.1 Å². The molecule has 0 saturated heterocycles. The van der Waals surface area contributed by atoms with Gasteiger partial charge in [-0.05, 0) is 118 Å². The second-order valence-corrected chi connectivity index (χ2v) is 21.1. The van der Waals surface area contributed by atoms with Crippen molar-refractivity contribution in [2.75, 3.05) is 4.90 Å². The number of aryl methyl sites for hydroxylation is 2. The number of hydrogen-bond donors (Lipinski definition) is 0. The Balaban J connectivity index is 1.34. The highest BCUT2D eigenvalue weighted by atomic mass is 15.2. The largest absolute Gasteiger partial charge is 0.310 e. The summed E-state index contributed by atoms with van der Waals surface area (Å²) < 4.78 is 5.03. The molecule has 0 bridgehead atoms. The van der Waals surface area contributed by atoms with Gasteiger partial charge in [0.2, 0.25) is 0 Å². The molecule has 0 N–H and O–H groups in total. The number of imidazole rings is 1. The lowest BCUT2D eigenvalue weighted by Gasteiger charge is -2.42. The van der Waals surface area contributed by atoms with Crippen LogP contribution in [0.3, 0.4) is 0 Å². The fourth-order valence-corrected chi connectivity index (χ4v) is 10.5. The molecular weight excluding hydrogens is 753 g/mol. The van der Waals surface area contributed by atoms with Gasteiger partial charge in [0.25, 0.3) is 0 Å². The normalized spacial score (nSPS) is 14.8. The maximum Gasteiger partial charge on any atom is 0.146 e. The molecule has 4 heteroatoms. The van der Waals surface area contributed by atoms with Gasteiger partial charge in [-0.3, -0.25) is 4.57 Å². The molecule has 0 aliphatic carbocycles. The molecule has 0 saturated carbocycles. The summed E-state index contributed by atoms with van der Waals surface area (Å²) in [6, 6.07) is 50.9. The lowest BCUT2D eigenvalue weighted by Crippen LogP contribution is -2.28. The third-order valence-corrected chi connectivity index (χ3v) is 13.8. The van der Waals surface area contributed by atoms with Gasteiger partial charge in [-0.15, -0.1) is 0 Å². The van der Waals surface area contributed by atoms with Crippen LogP contribution in [0, 0.1) is 13.8 Å². The van der Waals surface area contributed by atoms with Crippen molar-refractivity contribution >= 4 is 49.9 Å². The lowest BCUT2D eigenvalue weighted by atomic mass is 9.73. The van der Waals surface area contributed by atoms with Gasteiger partial charge in [0.1, 0.15) is 5.82 Å². The van der Waals surface area contributed by atoms with Crippen LogP contribution in [-0.2, 0) is 16.2 Å². The molecular formula is C58H56N4. The first-order valence-corrected chi connectivity index (χ1v) is 22.3. The zero-order valence-corrected chi connectivity index (χ0v) is 38.1. The third kappa shape index (κ3) is 5.61. The van der Waals surface area contributed by atoms with Gasteiger partial charge in [-0.2, -0.15) is 0 Å². The molecule has 2 aliphatic heterocycles. The topological polar surface area (TPSA) is 26.0 Å². The quantitative estimate of drug-likeness (QED) is 0.178. The molecule has 0 amide bonds. The molecule has 11 rings (SSSR count). The Morgan fingerprint density at radius 2 is 1.03 bits per heavy atom. The predicted octanol–water partition coefficient (Wildman–Crippen LogP) is 15.6. The second-order valence-electron chi connectivity index (χ2n) is 21.1. The Kier molecular flexibility index (Phi) is 8.12. The van der Waals surface area contributed by atoms with Crippen LogP contribution in [0.5, 0.6) is 0 Å². The molecule has 4 heterocycles. The number of nitrogens with zero attached hydrogens (tertiary/aromatic N) is 4. The molecule has 0 spiro atoms. The lowest BCUT2D eigenvalue weighted by molar-refractivity contribution is 0.588. The fourth-order valence-electron chi connectivity index (χ4n) is 10.5. The van der Waals surface area contributed by atoms with Crippen LogP contribution in [-0.4, -0.2) is 14.1 Å². The second kappa shape index (κ2) is 13.1. The van der Waals surface area contributed by atoms with Gasteiger partial charge >= 0.3 is 0 Å². The summed E-state index contributed by atoms with van der Waals surface area (Å²) in [5, 5.41) is 2.51. The van der Waals surface area contributed by atoms with Gasteiger partial charge < -0.3 is 9.47 Å². The highest BCUT2D eigenvalue weighted by molar-refractivity contribution is 6.09. The van der Waals surface area contributed by atoms with E-state index in [-0.39, 0.29) is 22.2 Å². The van der Waals surface area contributed by atoms with Crippen molar-refractivity contribution in [3.63, 3.8) is 0 Å². The van der Waals surface area contributed by atoms with Gasteiger partial charge in [0.05, 0.1) is 44.8 Å². The predicted molar refractivity (Wildman–Crippen MR) is 262 cm³/mol. The molecule has 1 atom stereocenters. The highest BCUT2D eigenvalue weighted by Crippen LogP contribution is 2.59. The Hall–Kier alpha value is -6.39. The van der Waals surface area contributed by atoms with Crippen LogP contribution in [0.15, 0.2) is 133 Å². The van der Waals surface area contributed by atoms with Crippen molar-refractivity contribution in [3.8, 4) is 22.8 Å². The number of aromatic nitrogens is 3. The zero-order chi connectivity index (χ0) is 43.2. The molecule has 308 valence electrons. The molecule has 4 nitrogen and oxygen atoms in total. The van der Waals surface area contributed by atoms with Crippen molar-refractivity contribution in [3.05, 3.63) is 178 Å². The molecule has 1 unspecified atom stereocenters. The van der Waals surface area contributed by atoms with Crippen molar-refractivity contribution in [2.45, 2.75) is 98.3 Å². The SMILES string of the molecule is Cc1cccc(C)c1-c1nc2cc(C(C)(C)C)cc3c2n1-c1cc(-n2c4ccccc4c4ccccc42)cc2c1C3c1cc(C(C)(C)C)ccc1N2c1ccc(C(C)(C)C)cc1. The summed E-state index contributed by atoms with van der Waals surface area (Å²) >= 11 is 0. The van der Waals surface area contributed by atoms with E-state index in [0.717, 1.165) is 22.7 Å². The Morgan fingerprint density at radius 3 is 1.65 bits per heavy atom. The summed E-state index contributed by atoms with van der Waals surface area (Å²) in [7, 11) is 0. The van der Waals surface area contributed by atoms with Gasteiger partial charge in [0.15, 0.2) is 0 Å². The van der Waals surface area contributed by atoms with Gasteiger partial charge in [0, 0.05) is 33.5 Å². The standard InChI is InChI=1S/C58H56N4/c1-34-17-16-18-35(2)51(34)55-59-45-31-38(58(9,10)11)30-44-52-43-29-37(57(6,7)8)25-28-48(43)60(39-26-23-36(24-27-39)56(3,4)5)49-32-40(33-50(53(49)52)62(55)54(44)45)61-46-21-14-12-19-41(46)42-20-13-15-22-47(42)61/h12-33,52H,1-11H3. The van der Waals surface area contributed by atoms with E-state index in [4.69, 9.17) is 4.98 Å². The smallest absolute Gasteiger partial charge is 0.146 e. The molecule has 2 aromatic heterocycles. The maximum atomic E-state index is 5.73. The maximum absolute atomic E-state index is 5.73. The molecule has 2 aliphatic rings. The number of anilines is 3. The van der Waals surface area contributed by atoms with Gasteiger partial charge in [-0.1, -0.05) is 147 Å². The molecule has 0 fully saturated rings. The summed E-state index contributed by atoms with van der Waals surface area (Å²) in [5.74, 6) is 0.979. The minimum atomic E-state index is -0.0810. The molecule has 0 radical (unpaired) electrons. The first-order chi connectivity index (χ1) is 29.5. The van der Waals surface area contributed by atoms with E-state index >= 15 is 0 Å². The minimum Gasteiger partial charge on any atom is -0.310 e. The monoisotopic (exact) mass is 808 g/mol. The fraction of sp³-hybridized carbons (Fsp3) is 0.259. The van der Waals surface area contributed by atoms with E-state index in [2.05, 4.69) is 224 Å². The van der Waals surface area contributed by atoms with E-state index < -0.39 is 0 Å². The van der Waals surface area contributed by atoms with Gasteiger partial charge in [-0.25, -0.2) is 4.98 Å². The van der Waals surface area contributed by atoms with Crippen LogP contribution >= 0.6 is 0 Å². The van der Waals surface area contributed by atoms with E-state index in [1.54, 1.807) is 0 Å². The summed E-state index contributed by atoms with van der Waals surface area (Å²) in [5.41, 5.74) is 22.0. The first-order valence-electron chi connectivity index (χ1n) is 22.3. The number of benzene rings is 7. The van der Waals surface area contributed by atoms with Crippen molar-refractivity contribution < 1.29 is 0 Å². The summed E-state index contributed by atoms with van der Waals surface area (Å²) in [6.45, 7) is 25.4. The summed E-state index contributed by atoms with van der Waals surface area (Å²) in [4.78, 5) is 8.29. The number of para-hydroxylation sites is 2. The van der Waals surface area contributed by atoms with Crippen LogP contribution in [0.2, 0.25) is 0 Å². The Bertz CT molecular complexity index is 3240. The number of fused-ring (bicyclic) bond motifs is 7. The van der Waals surface area contributed by atoms with E-state index in [1.165, 1.54) is 94.5 Å². The van der Waals surface area contributed by atoms with Crippen LogP contribution < -0.4 is 4.90 Å². The molecule has 9 aromatic rings. The van der Waals surface area contributed by atoms with Crippen LogP contribution in [0.1, 0.15) is 113 Å². The van der Waals surface area contributed by atoms with Crippen molar-refractivity contribution in [1.29, 1.82) is 0 Å². The van der Waals surface area contributed by atoms with Crippen LogP contribution in [0.25, 0.3) is 55.6 Å². The highest BCUT2D eigenvalue weighted by Gasteiger charge is 2.42. The average molecular weight is 809 g/mol. The summed E-state index contributed by atoms with van der Waals surface area (Å²) in [6.07, 6.45) is 0. The minimum absolute atomic E-state index is 0.0191. The molecule has 7 aromatic carbocycles. The number of rotatable bonds is 3. The van der Waals surface area contributed by atoms with Crippen LogP contribution in [0.4, 0.5) is 17.1 Å². The first kappa shape index (κ1) is 38.5. The molecule has 62 heavy (non-hydrogen) atoms.